The molecule has 0 amide bonds. The number of rotatable bonds is 2. The second-order valence-electron chi connectivity index (χ2n) is 3.69. The maximum absolute atomic E-state index is 10.6. The van der Waals surface area contributed by atoms with Crippen molar-refractivity contribution in [2.75, 3.05) is 0 Å². The van der Waals surface area contributed by atoms with Gasteiger partial charge in [-0.3, -0.25) is 9.78 Å². The molecule has 16 heavy (non-hydrogen) atoms. The number of carboxylic acid groups (broad SMARTS) is 1. The lowest BCUT2D eigenvalue weighted by Crippen LogP contribution is -2.01. The zero-order chi connectivity index (χ0) is 11.7. The Morgan fingerprint density at radius 1 is 1.50 bits per heavy atom. The van der Waals surface area contributed by atoms with Gasteiger partial charge in [-0.25, -0.2) is 0 Å². The number of nitrogens with zero attached hydrogens (tertiary/aromatic N) is 1. The highest BCUT2D eigenvalue weighted by Gasteiger charge is 2.09. The van der Waals surface area contributed by atoms with Gasteiger partial charge in [0, 0.05) is 17.1 Å². The van der Waals surface area contributed by atoms with Crippen molar-refractivity contribution in [3.05, 3.63) is 40.5 Å². The molecular weight excluding hydrogens is 226 g/mol. The lowest BCUT2D eigenvalue weighted by Gasteiger charge is -2.05. The summed E-state index contributed by atoms with van der Waals surface area (Å²) in [6, 6.07) is 5.74. The van der Waals surface area contributed by atoms with E-state index in [0.717, 1.165) is 16.5 Å². The van der Waals surface area contributed by atoms with E-state index in [-0.39, 0.29) is 6.42 Å². The van der Waals surface area contributed by atoms with Gasteiger partial charge in [0.15, 0.2) is 0 Å². The van der Waals surface area contributed by atoms with Gasteiger partial charge in [0.05, 0.1) is 17.0 Å². The number of pyridine rings is 1. The summed E-state index contributed by atoms with van der Waals surface area (Å²) >= 11 is 6.15. The highest BCUT2D eigenvalue weighted by atomic mass is 35.5. The van der Waals surface area contributed by atoms with Gasteiger partial charge in [0.2, 0.25) is 0 Å². The molecule has 2 rings (SSSR count). The van der Waals surface area contributed by atoms with E-state index in [0.29, 0.717) is 10.6 Å². The van der Waals surface area contributed by atoms with Gasteiger partial charge in [0.1, 0.15) is 0 Å². The van der Waals surface area contributed by atoms with Gasteiger partial charge in [-0.15, -0.1) is 0 Å². The fourth-order valence-electron chi connectivity index (χ4n) is 1.60. The number of aryl methyl sites for hydroxylation is 1. The van der Waals surface area contributed by atoms with Crippen molar-refractivity contribution in [2.24, 2.45) is 0 Å². The fraction of sp³-hybridized carbons (Fsp3) is 0.167. The Hall–Kier alpha value is -1.61. The number of hydrogen-bond acceptors (Lipinski definition) is 2. The first-order chi connectivity index (χ1) is 7.58. The van der Waals surface area contributed by atoms with Gasteiger partial charge >= 0.3 is 5.97 Å². The highest BCUT2D eigenvalue weighted by molar-refractivity contribution is 6.36. The number of carboxylic acids is 1. The minimum absolute atomic E-state index is 0.101. The largest absolute Gasteiger partial charge is 0.481 e. The highest BCUT2D eigenvalue weighted by Crippen LogP contribution is 2.26. The van der Waals surface area contributed by atoms with Gasteiger partial charge in [0.25, 0.3) is 0 Å². The molecule has 1 aromatic heterocycles. The van der Waals surface area contributed by atoms with Crippen LogP contribution in [0.3, 0.4) is 0 Å². The first-order valence-electron chi connectivity index (χ1n) is 4.83. The molecule has 0 aliphatic carbocycles. The molecule has 0 aliphatic rings. The molecule has 82 valence electrons. The molecule has 0 saturated carbocycles. The Bertz CT molecular complexity index is 566. The first kappa shape index (κ1) is 10.9. The molecule has 0 saturated heterocycles. The Balaban J connectivity index is 2.63. The van der Waals surface area contributed by atoms with Crippen molar-refractivity contribution < 1.29 is 9.90 Å². The topological polar surface area (TPSA) is 50.2 Å². The number of hydrogen-bond donors (Lipinski definition) is 1. The molecule has 0 unspecified atom stereocenters. The minimum atomic E-state index is -0.907. The van der Waals surface area contributed by atoms with Crippen molar-refractivity contribution in [1.82, 2.24) is 4.98 Å². The summed E-state index contributed by atoms with van der Waals surface area (Å²) in [5, 5.41) is 10.0. The molecule has 1 aromatic carbocycles. The maximum Gasteiger partial charge on any atom is 0.307 e. The van der Waals surface area contributed by atoms with Crippen LogP contribution in [0.15, 0.2) is 24.4 Å². The molecule has 0 bridgehead atoms. The van der Waals surface area contributed by atoms with E-state index in [1.54, 1.807) is 0 Å². The summed E-state index contributed by atoms with van der Waals surface area (Å²) in [7, 11) is 0. The van der Waals surface area contributed by atoms with E-state index in [2.05, 4.69) is 4.98 Å². The number of benzene rings is 1. The molecular formula is C12H10ClNO2. The molecule has 4 heteroatoms. The molecule has 0 radical (unpaired) electrons. The smallest absolute Gasteiger partial charge is 0.307 e. The minimum Gasteiger partial charge on any atom is -0.481 e. The van der Waals surface area contributed by atoms with Crippen LogP contribution in [-0.2, 0) is 11.2 Å². The molecule has 0 fully saturated rings. The van der Waals surface area contributed by atoms with Crippen LogP contribution in [0.2, 0.25) is 5.02 Å². The zero-order valence-corrected chi connectivity index (χ0v) is 9.45. The summed E-state index contributed by atoms with van der Waals surface area (Å²) in [4.78, 5) is 14.8. The van der Waals surface area contributed by atoms with E-state index in [4.69, 9.17) is 16.7 Å². The molecule has 1 N–H and O–H groups in total. The Kier molecular flexibility index (Phi) is 2.79. The van der Waals surface area contributed by atoms with Crippen LogP contribution in [0.5, 0.6) is 0 Å². The Labute approximate surface area is 97.7 Å². The van der Waals surface area contributed by atoms with E-state index < -0.39 is 5.97 Å². The second-order valence-corrected chi connectivity index (χ2v) is 4.07. The third-order valence-electron chi connectivity index (χ3n) is 2.37. The van der Waals surface area contributed by atoms with E-state index in [9.17, 15) is 4.79 Å². The summed E-state index contributed by atoms with van der Waals surface area (Å²) < 4.78 is 0. The lowest BCUT2D eigenvalue weighted by atomic mass is 10.1. The summed E-state index contributed by atoms with van der Waals surface area (Å²) in [5.74, 6) is -0.907. The van der Waals surface area contributed by atoms with Crippen molar-refractivity contribution >= 4 is 28.5 Å². The number of halogens is 1. The average Bonchev–Trinajstić information content (AvgIpc) is 2.22. The Morgan fingerprint density at radius 2 is 2.25 bits per heavy atom. The maximum atomic E-state index is 10.6. The molecule has 0 aliphatic heterocycles. The van der Waals surface area contributed by atoms with Gasteiger partial charge in [-0.2, -0.15) is 0 Å². The quantitative estimate of drug-likeness (QED) is 0.871. The van der Waals surface area contributed by atoms with Crippen molar-refractivity contribution in [3.8, 4) is 0 Å². The predicted molar refractivity (Wildman–Crippen MR) is 62.8 cm³/mol. The third kappa shape index (κ3) is 1.99. The van der Waals surface area contributed by atoms with Crippen LogP contribution in [0.1, 0.15) is 11.1 Å². The monoisotopic (exact) mass is 235 g/mol. The third-order valence-corrected chi connectivity index (χ3v) is 2.82. The van der Waals surface area contributed by atoms with Crippen LogP contribution in [-0.4, -0.2) is 16.1 Å². The summed E-state index contributed by atoms with van der Waals surface area (Å²) in [6.45, 7) is 1.96. The van der Waals surface area contributed by atoms with Crippen LogP contribution < -0.4 is 0 Å². The number of aliphatic carboxylic acids is 1. The lowest BCUT2D eigenvalue weighted by molar-refractivity contribution is -0.136. The van der Waals surface area contributed by atoms with Crippen molar-refractivity contribution in [1.29, 1.82) is 0 Å². The van der Waals surface area contributed by atoms with Gasteiger partial charge < -0.3 is 5.11 Å². The van der Waals surface area contributed by atoms with Crippen molar-refractivity contribution in [3.63, 3.8) is 0 Å². The molecule has 1 heterocycles. The zero-order valence-electron chi connectivity index (χ0n) is 8.70. The molecule has 3 nitrogen and oxygen atoms in total. The Morgan fingerprint density at radius 3 is 2.94 bits per heavy atom. The average molecular weight is 236 g/mol. The molecule has 0 atom stereocenters. The van der Waals surface area contributed by atoms with Crippen LogP contribution >= 0.6 is 11.6 Å². The fourth-order valence-corrected chi connectivity index (χ4v) is 1.87. The van der Waals surface area contributed by atoms with E-state index >= 15 is 0 Å². The predicted octanol–water partition coefficient (Wildman–Crippen LogP) is 2.82. The SMILES string of the molecule is Cc1ccc2ncc(CC(=O)O)c(Cl)c2c1. The molecule has 2 aromatic rings. The normalized spacial score (nSPS) is 10.6. The second kappa shape index (κ2) is 4.10. The first-order valence-corrected chi connectivity index (χ1v) is 5.21. The summed E-state index contributed by atoms with van der Waals surface area (Å²) in [5.41, 5.74) is 2.40. The van der Waals surface area contributed by atoms with Gasteiger partial charge in [-0.05, 0) is 19.1 Å². The van der Waals surface area contributed by atoms with Crippen LogP contribution in [0.25, 0.3) is 10.9 Å². The standard InChI is InChI=1S/C12H10ClNO2/c1-7-2-3-10-9(4-7)12(13)8(6-14-10)5-11(15)16/h2-4,6H,5H2,1H3,(H,15,16). The summed E-state index contributed by atoms with van der Waals surface area (Å²) in [6.07, 6.45) is 1.42. The van der Waals surface area contributed by atoms with E-state index in [1.165, 1.54) is 6.20 Å². The van der Waals surface area contributed by atoms with Crippen molar-refractivity contribution in [2.45, 2.75) is 13.3 Å². The van der Waals surface area contributed by atoms with E-state index in [1.807, 2.05) is 25.1 Å². The molecule has 0 spiro atoms. The van der Waals surface area contributed by atoms with Crippen LogP contribution in [0, 0.1) is 6.92 Å². The van der Waals surface area contributed by atoms with Gasteiger partial charge in [-0.1, -0.05) is 23.2 Å². The number of fused-ring (bicyclic) bond motifs is 1. The van der Waals surface area contributed by atoms with Crippen LogP contribution in [0.4, 0.5) is 0 Å². The number of carbonyl (C=O) groups is 1. The number of aromatic nitrogens is 1.